The highest BCUT2D eigenvalue weighted by molar-refractivity contribution is 7.88. The molecule has 0 aromatic heterocycles. The van der Waals surface area contributed by atoms with Crippen LogP contribution in [0.25, 0.3) is 6.08 Å². The van der Waals surface area contributed by atoms with Crippen molar-refractivity contribution in [3.8, 4) is 0 Å². The number of hydrogen-bond acceptors (Lipinski definition) is 4. The van der Waals surface area contributed by atoms with E-state index in [4.69, 9.17) is 4.74 Å². The van der Waals surface area contributed by atoms with Crippen LogP contribution < -0.4 is 4.72 Å². The second-order valence-corrected chi connectivity index (χ2v) is 7.92. The van der Waals surface area contributed by atoms with Gasteiger partial charge in [0.05, 0.1) is 19.0 Å². The summed E-state index contributed by atoms with van der Waals surface area (Å²) < 4.78 is 30.4. The molecule has 1 aromatic rings. The first kappa shape index (κ1) is 18.1. The molecule has 1 unspecified atom stereocenters. The smallest absolute Gasteiger partial charge is 0.208 e. The highest BCUT2D eigenvalue weighted by atomic mass is 32.2. The van der Waals surface area contributed by atoms with E-state index in [0.717, 1.165) is 19.6 Å². The standard InChI is InChI=1S/C17H26N2O3S/c1-15(12-16-6-4-3-5-7-16)13-19-10-11-22-17(14-19)8-9-18-23(2,20)21/h3-7,12,17-18H,8-11,13-14H2,1-2H3. The Kier molecular flexibility index (Phi) is 6.77. The summed E-state index contributed by atoms with van der Waals surface area (Å²) in [6, 6.07) is 10.3. The summed E-state index contributed by atoms with van der Waals surface area (Å²) in [5, 5.41) is 0. The molecule has 0 bridgehead atoms. The predicted octanol–water partition coefficient (Wildman–Crippen LogP) is 1.73. The first-order chi connectivity index (χ1) is 10.9. The van der Waals surface area contributed by atoms with Gasteiger partial charge in [0.1, 0.15) is 0 Å². The lowest BCUT2D eigenvalue weighted by molar-refractivity contribution is -0.0279. The molecule has 1 aliphatic heterocycles. The molecule has 1 fully saturated rings. The Morgan fingerprint density at radius 1 is 1.39 bits per heavy atom. The summed E-state index contributed by atoms with van der Waals surface area (Å²) in [7, 11) is -3.12. The van der Waals surface area contributed by atoms with E-state index in [-0.39, 0.29) is 6.10 Å². The molecule has 5 nitrogen and oxygen atoms in total. The first-order valence-corrected chi connectivity index (χ1v) is 9.82. The van der Waals surface area contributed by atoms with Gasteiger partial charge in [-0.2, -0.15) is 0 Å². The number of hydrogen-bond donors (Lipinski definition) is 1. The molecule has 128 valence electrons. The van der Waals surface area contributed by atoms with Gasteiger partial charge in [-0.15, -0.1) is 0 Å². The van der Waals surface area contributed by atoms with Crippen LogP contribution in [-0.4, -0.2) is 58.5 Å². The number of morpholine rings is 1. The van der Waals surface area contributed by atoms with Gasteiger partial charge in [0.15, 0.2) is 0 Å². The number of benzene rings is 1. The van der Waals surface area contributed by atoms with Crippen LogP contribution in [0.3, 0.4) is 0 Å². The molecular formula is C17H26N2O3S. The second-order valence-electron chi connectivity index (χ2n) is 6.08. The van der Waals surface area contributed by atoms with Gasteiger partial charge in [0, 0.05) is 26.2 Å². The van der Waals surface area contributed by atoms with Crippen molar-refractivity contribution in [3.05, 3.63) is 41.5 Å². The Morgan fingerprint density at radius 3 is 2.83 bits per heavy atom. The van der Waals surface area contributed by atoms with Crippen molar-refractivity contribution in [3.63, 3.8) is 0 Å². The Bertz CT molecular complexity index is 614. The minimum Gasteiger partial charge on any atom is -0.376 e. The molecule has 1 atom stereocenters. The van der Waals surface area contributed by atoms with Crippen molar-refractivity contribution in [2.24, 2.45) is 0 Å². The van der Waals surface area contributed by atoms with Gasteiger partial charge in [0.25, 0.3) is 0 Å². The van der Waals surface area contributed by atoms with Gasteiger partial charge in [-0.3, -0.25) is 4.90 Å². The van der Waals surface area contributed by atoms with Crippen LogP contribution in [0.4, 0.5) is 0 Å². The summed E-state index contributed by atoms with van der Waals surface area (Å²) in [6.45, 7) is 5.93. The van der Waals surface area contributed by atoms with Gasteiger partial charge >= 0.3 is 0 Å². The molecular weight excluding hydrogens is 312 g/mol. The van der Waals surface area contributed by atoms with Crippen LogP contribution in [0.1, 0.15) is 18.9 Å². The van der Waals surface area contributed by atoms with E-state index in [0.29, 0.717) is 19.6 Å². The molecule has 0 amide bonds. The summed E-state index contributed by atoms with van der Waals surface area (Å²) in [6.07, 6.45) is 4.17. The Morgan fingerprint density at radius 2 is 2.13 bits per heavy atom. The van der Waals surface area contributed by atoms with Gasteiger partial charge in [-0.25, -0.2) is 13.1 Å². The van der Waals surface area contributed by atoms with Crippen LogP contribution in [-0.2, 0) is 14.8 Å². The fourth-order valence-corrected chi connectivity index (χ4v) is 3.22. The molecule has 0 spiro atoms. The van der Waals surface area contributed by atoms with E-state index in [1.54, 1.807) is 0 Å². The lowest BCUT2D eigenvalue weighted by Gasteiger charge is -2.33. The predicted molar refractivity (Wildman–Crippen MR) is 93.7 cm³/mol. The van der Waals surface area contributed by atoms with Crippen molar-refractivity contribution in [2.75, 3.05) is 39.0 Å². The maximum atomic E-state index is 11.1. The van der Waals surface area contributed by atoms with Crippen molar-refractivity contribution in [1.29, 1.82) is 0 Å². The number of rotatable bonds is 7. The molecule has 6 heteroatoms. The summed E-state index contributed by atoms with van der Waals surface area (Å²) in [5.41, 5.74) is 2.53. The minimum atomic E-state index is -3.12. The van der Waals surface area contributed by atoms with Gasteiger partial charge in [-0.05, 0) is 18.9 Å². The lowest BCUT2D eigenvalue weighted by atomic mass is 10.1. The second kappa shape index (κ2) is 8.59. The maximum Gasteiger partial charge on any atom is 0.208 e. The number of nitrogens with zero attached hydrogens (tertiary/aromatic N) is 1. The monoisotopic (exact) mass is 338 g/mol. The molecule has 23 heavy (non-hydrogen) atoms. The molecule has 0 saturated carbocycles. The zero-order chi connectivity index (χ0) is 16.7. The van der Waals surface area contributed by atoms with Gasteiger partial charge in [-0.1, -0.05) is 42.0 Å². The topological polar surface area (TPSA) is 58.6 Å². The third-order valence-corrected chi connectivity index (χ3v) is 4.47. The third-order valence-electron chi connectivity index (χ3n) is 3.74. The average Bonchev–Trinajstić information content (AvgIpc) is 2.47. The first-order valence-electron chi connectivity index (χ1n) is 7.93. The van der Waals surface area contributed by atoms with Crippen LogP contribution >= 0.6 is 0 Å². The molecule has 1 heterocycles. The van der Waals surface area contributed by atoms with E-state index >= 15 is 0 Å². The van der Waals surface area contributed by atoms with Crippen LogP contribution in [0, 0.1) is 0 Å². The highest BCUT2D eigenvalue weighted by Gasteiger charge is 2.20. The van der Waals surface area contributed by atoms with Gasteiger partial charge < -0.3 is 4.74 Å². The van der Waals surface area contributed by atoms with Crippen LogP contribution in [0.15, 0.2) is 35.9 Å². The summed E-state index contributed by atoms with van der Waals surface area (Å²) >= 11 is 0. The van der Waals surface area contributed by atoms with E-state index in [1.165, 1.54) is 17.4 Å². The Labute approximate surface area is 139 Å². The van der Waals surface area contributed by atoms with Crippen LogP contribution in [0.2, 0.25) is 0 Å². The SMILES string of the molecule is CC(=Cc1ccccc1)CN1CCOC(CCNS(C)(=O)=O)C1. The number of ether oxygens (including phenoxy) is 1. The third kappa shape index (κ3) is 7.26. The summed E-state index contributed by atoms with van der Waals surface area (Å²) in [4.78, 5) is 2.36. The average molecular weight is 338 g/mol. The number of sulfonamides is 1. The molecule has 1 aliphatic rings. The molecule has 1 N–H and O–H groups in total. The molecule has 0 aliphatic carbocycles. The quantitative estimate of drug-likeness (QED) is 0.823. The van der Waals surface area contributed by atoms with Gasteiger partial charge in [0.2, 0.25) is 10.0 Å². The molecule has 1 aromatic carbocycles. The highest BCUT2D eigenvalue weighted by Crippen LogP contribution is 2.12. The van der Waals surface area contributed by atoms with Crippen LogP contribution in [0.5, 0.6) is 0 Å². The number of nitrogens with one attached hydrogen (secondary N) is 1. The van der Waals surface area contributed by atoms with E-state index in [1.807, 2.05) is 18.2 Å². The molecule has 0 radical (unpaired) electrons. The maximum absolute atomic E-state index is 11.1. The van der Waals surface area contributed by atoms with E-state index in [9.17, 15) is 8.42 Å². The largest absolute Gasteiger partial charge is 0.376 e. The minimum absolute atomic E-state index is 0.0857. The van der Waals surface area contributed by atoms with Crippen molar-refractivity contribution in [2.45, 2.75) is 19.4 Å². The van der Waals surface area contributed by atoms with E-state index in [2.05, 4.69) is 34.8 Å². The van der Waals surface area contributed by atoms with E-state index < -0.39 is 10.0 Å². The van der Waals surface area contributed by atoms with Crippen molar-refractivity contribution < 1.29 is 13.2 Å². The lowest BCUT2D eigenvalue weighted by Crippen LogP contribution is -2.44. The zero-order valence-corrected chi connectivity index (χ0v) is 14.7. The summed E-state index contributed by atoms with van der Waals surface area (Å²) in [5.74, 6) is 0. The Hall–Kier alpha value is -1.21. The van der Waals surface area contributed by atoms with Crippen molar-refractivity contribution in [1.82, 2.24) is 9.62 Å². The normalized spacial score (nSPS) is 20.6. The zero-order valence-electron chi connectivity index (χ0n) is 13.9. The molecule has 1 saturated heterocycles. The molecule has 2 rings (SSSR count). The fraction of sp³-hybridized carbons (Fsp3) is 0.529. The van der Waals surface area contributed by atoms with Crippen molar-refractivity contribution >= 4 is 16.1 Å². The fourth-order valence-electron chi connectivity index (χ4n) is 2.74. The Balaban J connectivity index is 1.80.